The van der Waals surface area contributed by atoms with Gasteiger partial charge in [-0.05, 0) is 83.1 Å². The second-order valence-electron chi connectivity index (χ2n) is 7.76. The van der Waals surface area contributed by atoms with Crippen molar-refractivity contribution in [2.75, 3.05) is 20.8 Å². The molecular formula is C28H23BrN2O6. The lowest BCUT2D eigenvalue weighted by molar-refractivity contribution is -0.123. The van der Waals surface area contributed by atoms with Crippen LogP contribution in [0.1, 0.15) is 15.9 Å². The number of carbonyl (C=O) groups is 2. The van der Waals surface area contributed by atoms with Gasteiger partial charge in [-0.15, -0.1) is 0 Å². The summed E-state index contributed by atoms with van der Waals surface area (Å²) in [6.45, 7) is -0.176. The van der Waals surface area contributed by atoms with Gasteiger partial charge in [-0.25, -0.2) is 10.2 Å². The third-order valence-electron chi connectivity index (χ3n) is 5.26. The Morgan fingerprint density at radius 1 is 0.838 bits per heavy atom. The highest BCUT2D eigenvalue weighted by Gasteiger charge is 2.13. The Morgan fingerprint density at radius 3 is 2.30 bits per heavy atom. The topological polar surface area (TPSA) is 95.5 Å². The molecule has 188 valence electrons. The molecule has 4 rings (SSSR count). The molecule has 0 spiro atoms. The number of nitrogens with zero attached hydrogens (tertiary/aromatic N) is 1. The van der Waals surface area contributed by atoms with E-state index in [9.17, 15) is 9.59 Å². The fraction of sp³-hybridized carbons (Fsp3) is 0.107. The van der Waals surface area contributed by atoms with Crippen molar-refractivity contribution in [3.8, 4) is 23.0 Å². The SMILES string of the molecule is COc1ccc(C(=O)Oc2ccc(C=NNC(=O)COc3ccc4cc(Br)ccc4c3)cc2)cc1OC. The van der Waals surface area contributed by atoms with E-state index in [0.717, 1.165) is 15.2 Å². The van der Waals surface area contributed by atoms with Gasteiger partial charge in [0, 0.05) is 4.47 Å². The van der Waals surface area contributed by atoms with E-state index >= 15 is 0 Å². The van der Waals surface area contributed by atoms with E-state index in [4.69, 9.17) is 18.9 Å². The van der Waals surface area contributed by atoms with Gasteiger partial charge in [-0.1, -0.05) is 28.1 Å². The third-order valence-corrected chi connectivity index (χ3v) is 5.75. The van der Waals surface area contributed by atoms with Crippen LogP contribution in [0.25, 0.3) is 10.8 Å². The number of nitrogens with one attached hydrogen (secondary N) is 1. The summed E-state index contributed by atoms with van der Waals surface area (Å²) >= 11 is 3.45. The van der Waals surface area contributed by atoms with E-state index in [1.165, 1.54) is 20.4 Å². The average Bonchev–Trinajstić information content (AvgIpc) is 2.92. The van der Waals surface area contributed by atoms with E-state index < -0.39 is 11.9 Å². The number of esters is 1. The van der Waals surface area contributed by atoms with Crippen LogP contribution < -0.4 is 24.4 Å². The number of carbonyl (C=O) groups excluding carboxylic acids is 2. The molecule has 4 aromatic rings. The highest BCUT2D eigenvalue weighted by Crippen LogP contribution is 2.28. The minimum absolute atomic E-state index is 0.176. The van der Waals surface area contributed by atoms with Gasteiger partial charge in [0.25, 0.3) is 5.91 Å². The maximum Gasteiger partial charge on any atom is 0.343 e. The Labute approximate surface area is 221 Å². The summed E-state index contributed by atoms with van der Waals surface area (Å²) in [5, 5.41) is 6.02. The molecular weight excluding hydrogens is 540 g/mol. The zero-order chi connectivity index (χ0) is 26.2. The van der Waals surface area contributed by atoms with Crippen LogP contribution in [0.5, 0.6) is 23.0 Å². The van der Waals surface area contributed by atoms with Crippen molar-refractivity contribution in [1.29, 1.82) is 0 Å². The Hall–Kier alpha value is -4.37. The predicted octanol–water partition coefficient (Wildman–Crippen LogP) is 5.37. The Balaban J connectivity index is 1.26. The van der Waals surface area contributed by atoms with Crippen LogP contribution in [-0.2, 0) is 4.79 Å². The van der Waals surface area contributed by atoms with Gasteiger partial charge < -0.3 is 18.9 Å². The molecule has 0 saturated carbocycles. The number of amides is 1. The minimum Gasteiger partial charge on any atom is -0.493 e. The summed E-state index contributed by atoms with van der Waals surface area (Å²) in [7, 11) is 3.01. The van der Waals surface area contributed by atoms with Gasteiger partial charge in [-0.2, -0.15) is 5.10 Å². The Kier molecular flexibility index (Phi) is 8.37. The first kappa shape index (κ1) is 25.7. The standard InChI is InChI=1S/C28H23BrN2O6/c1-34-25-12-7-21(15-26(25)35-2)28(33)37-23-9-3-18(4-10-23)16-30-31-27(32)17-36-24-11-6-19-13-22(29)8-5-20(19)14-24/h3-16H,17H2,1-2H3,(H,31,32). The number of rotatable bonds is 9. The Bertz CT molecular complexity index is 1450. The van der Waals surface area contributed by atoms with Crippen LogP contribution in [0.4, 0.5) is 0 Å². The van der Waals surface area contributed by atoms with E-state index in [1.807, 2.05) is 36.4 Å². The molecule has 0 aromatic heterocycles. The zero-order valence-corrected chi connectivity index (χ0v) is 21.7. The first-order valence-corrected chi connectivity index (χ1v) is 11.9. The maximum absolute atomic E-state index is 12.4. The van der Waals surface area contributed by atoms with Crippen molar-refractivity contribution in [3.05, 3.63) is 94.5 Å². The minimum atomic E-state index is -0.533. The number of methoxy groups -OCH3 is 2. The molecule has 0 aliphatic heterocycles. The summed E-state index contributed by atoms with van der Waals surface area (Å²) in [6, 6.07) is 23.0. The molecule has 1 N–H and O–H groups in total. The summed E-state index contributed by atoms with van der Waals surface area (Å²) in [5.41, 5.74) is 3.45. The van der Waals surface area contributed by atoms with Gasteiger partial charge in [0.2, 0.25) is 0 Å². The lowest BCUT2D eigenvalue weighted by Crippen LogP contribution is -2.24. The van der Waals surface area contributed by atoms with Gasteiger partial charge in [0.05, 0.1) is 26.0 Å². The van der Waals surface area contributed by atoms with Gasteiger partial charge >= 0.3 is 5.97 Å². The van der Waals surface area contributed by atoms with Crippen LogP contribution in [0.2, 0.25) is 0 Å². The molecule has 1 amide bonds. The first-order chi connectivity index (χ1) is 17.9. The van der Waals surface area contributed by atoms with Gasteiger partial charge in [0.1, 0.15) is 11.5 Å². The number of hydrogen-bond acceptors (Lipinski definition) is 7. The van der Waals surface area contributed by atoms with Crippen molar-refractivity contribution in [1.82, 2.24) is 5.43 Å². The van der Waals surface area contributed by atoms with Crippen LogP contribution in [0.15, 0.2) is 88.4 Å². The molecule has 0 aliphatic rings. The van der Waals surface area contributed by atoms with Crippen LogP contribution in [0.3, 0.4) is 0 Å². The molecule has 0 heterocycles. The molecule has 9 heteroatoms. The summed E-state index contributed by atoms with van der Waals surface area (Å²) in [6.07, 6.45) is 1.48. The van der Waals surface area contributed by atoms with Gasteiger partial charge in [-0.3, -0.25) is 4.79 Å². The first-order valence-electron chi connectivity index (χ1n) is 11.1. The largest absolute Gasteiger partial charge is 0.493 e. The van der Waals surface area contributed by atoms with Crippen molar-refractivity contribution >= 4 is 44.8 Å². The van der Waals surface area contributed by atoms with Gasteiger partial charge in [0.15, 0.2) is 18.1 Å². The van der Waals surface area contributed by atoms with Crippen molar-refractivity contribution < 1.29 is 28.5 Å². The van der Waals surface area contributed by atoms with Crippen LogP contribution in [-0.4, -0.2) is 38.9 Å². The predicted molar refractivity (Wildman–Crippen MR) is 144 cm³/mol. The van der Waals surface area contributed by atoms with E-state index in [-0.39, 0.29) is 6.61 Å². The monoisotopic (exact) mass is 562 g/mol. The molecule has 0 atom stereocenters. The molecule has 0 bridgehead atoms. The maximum atomic E-state index is 12.4. The fourth-order valence-corrected chi connectivity index (χ4v) is 3.77. The normalized spacial score (nSPS) is 10.8. The zero-order valence-electron chi connectivity index (χ0n) is 20.1. The number of hydrazone groups is 1. The number of hydrogen-bond donors (Lipinski definition) is 1. The summed E-state index contributed by atoms with van der Waals surface area (Å²) in [5.74, 6) is 0.969. The average molecular weight is 563 g/mol. The summed E-state index contributed by atoms with van der Waals surface area (Å²) < 4.78 is 22.4. The number of benzene rings is 4. The van der Waals surface area contributed by atoms with Crippen LogP contribution in [0, 0.1) is 0 Å². The Morgan fingerprint density at radius 2 is 1.54 bits per heavy atom. The smallest absolute Gasteiger partial charge is 0.343 e. The second-order valence-corrected chi connectivity index (χ2v) is 8.68. The van der Waals surface area contributed by atoms with E-state index in [2.05, 4.69) is 26.5 Å². The number of fused-ring (bicyclic) bond motifs is 1. The molecule has 8 nitrogen and oxygen atoms in total. The number of halogens is 1. The molecule has 0 aliphatic carbocycles. The quantitative estimate of drug-likeness (QED) is 0.127. The van der Waals surface area contributed by atoms with E-state index in [0.29, 0.717) is 34.1 Å². The summed E-state index contributed by atoms with van der Waals surface area (Å²) in [4.78, 5) is 24.5. The molecule has 0 radical (unpaired) electrons. The molecule has 37 heavy (non-hydrogen) atoms. The highest BCUT2D eigenvalue weighted by atomic mass is 79.9. The molecule has 0 saturated heterocycles. The van der Waals surface area contributed by atoms with Crippen LogP contribution >= 0.6 is 15.9 Å². The van der Waals surface area contributed by atoms with Crippen molar-refractivity contribution in [2.24, 2.45) is 5.10 Å². The molecule has 0 fully saturated rings. The van der Waals surface area contributed by atoms with E-state index in [1.54, 1.807) is 42.5 Å². The van der Waals surface area contributed by atoms with Crippen molar-refractivity contribution in [3.63, 3.8) is 0 Å². The third kappa shape index (κ3) is 6.86. The lowest BCUT2D eigenvalue weighted by atomic mass is 10.1. The molecule has 0 unspecified atom stereocenters. The second kappa shape index (κ2) is 12.0. The van der Waals surface area contributed by atoms with Crippen molar-refractivity contribution in [2.45, 2.75) is 0 Å². The molecule has 4 aromatic carbocycles. The lowest BCUT2D eigenvalue weighted by Gasteiger charge is -2.09. The highest BCUT2D eigenvalue weighted by molar-refractivity contribution is 9.10. The number of ether oxygens (including phenoxy) is 4. The fourth-order valence-electron chi connectivity index (χ4n) is 3.40.